The van der Waals surface area contributed by atoms with Crippen LogP contribution in [-0.2, 0) is 33.2 Å². The molecular formula is C25H51NO7. The average Bonchev–Trinajstić information content (AvgIpc) is 2.82. The van der Waals surface area contributed by atoms with Crippen LogP contribution in [0.25, 0.3) is 0 Å². The van der Waals surface area contributed by atoms with Crippen molar-refractivity contribution in [2.24, 2.45) is 0 Å². The second kappa shape index (κ2) is 22.2. The number of hydrogen-bond acceptors (Lipinski definition) is 8. The van der Waals surface area contributed by atoms with Gasteiger partial charge in [-0.25, -0.2) is 0 Å². The Labute approximate surface area is 202 Å². The van der Waals surface area contributed by atoms with Crippen LogP contribution in [0, 0.1) is 0 Å². The molecule has 0 amide bonds. The third-order valence-corrected chi connectivity index (χ3v) is 5.59. The average molecular weight is 478 g/mol. The molecule has 1 unspecified atom stereocenters. The minimum absolute atomic E-state index is 0.448. The highest BCUT2D eigenvalue weighted by Crippen LogP contribution is 2.12. The zero-order valence-corrected chi connectivity index (χ0v) is 21.7. The summed E-state index contributed by atoms with van der Waals surface area (Å²) in [5.74, 6) is 0. The molecule has 1 atom stereocenters. The van der Waals surface area contributed by atoms with Crippen LogP contribution in [0.5, 0.6) is 0 Å². The van der Waals surface area contributed by atoms with Gasteiger partial charge in [0.25, 0.3) is 0 Å². The highest BCUT2D eigenvalue weighted by molar-refractivity contribution is 4.75. The van der Waals surface area contributed by atoms with Crippen LogP contribution < -0.4 is 0 Å². The molecule has 0 aromatic heterocycles. The molecule has 1 aliphatic rings. The molecule has 0 bridgehead atoms. The summed E-state index contributed by atoms with van der Waals surface area (Å²) in [6.07, 6.45) is 7.75. The third kappa shape index (κ3) is 18.7. The number of methoxy groups -OCH3 is 1. The summed E-state index contributed by atoms with van der Waals surface area (Å²) in [4.78, 5) is 2.34. The number of rotatable bonds is 15. The molecule has 1 aliphatic heterocycles. The van der Waals surface area contributed by atoms with Gasteiger partial charge in [-0.2, -0.15) is 0 Å². The lowest BCUT2D eigenvalue weighted by atomic mass is 10.1. The van der Waals surface area contributed by atoms with Gasteiger partial charge in [0.2, 0.25) is 0 Å². The van der Waals surface area contributed by atoms with E-state index >= 15 is 0 Å². The highest BCUT2D eigenvalue weighted by Gasteiger charge is 2.26. The molecule has 1 saturated heterocycles. The van der Waals surface area contributed by atoms with Crippen LogP contribution in [0.4, 0.5) is 0 Å². The van der Waals surface area contributed by atoms with Crippen LogP contribution >= 0.6 is 0 Å². The quantitative estimate of drug-likeness (QED) is 0.333. The lowest BCUT2D eigenvalue weighted by Gasteiger charge is -2.29. The summed E-state index contributed by atoms with van der Waals surface area (Å²) in [7, 11) is 1.66. The first-order chi connectivity index (χ1) is 16.2. The van der Waals surface area contributed by atoms with Gasteiger partial charge < -0.3 is 33.2 Å². The van der Waals surface area contributed by atoms with Crippen LogP contribution in [0.2, 0.25) is 0 Å². The molecular weight excluding hydrogens is 426 g/mol. The summed E-state index contributed by atoms with van der Waals surface area (Å²) in [6.45, 7) is 14.0. The van der Waals surface area contributed by atoms with E-state index in [1.807, 2.05) is 6.92 Å². The summed E-state index contributed by atoms with van der Waals surface area (Å²) in [5, 5.41) is 0. The van der Waals surface area contributed by atoms with Crippen molar-refractivity contribution >= 4 is 0 Å². The second-order valence-electron chi connectivity index (χ2n) is 8.84. The second-order valence-corrected chi connectivity index (χ2v) is 8.84. The predicted molar refractivity (Wildman–Crippen MR) is 130 cm³/mol. The Morgan fingerprint density at radius 3 is 2.18 bits per heavy atom. The van der Waals surface area contributed by atoms with E-state index in [4.69, 9.17) is 33.2 Å². The monoisotopic (exact) mass is 477 g/mol. The standard InChI is InChI=1S/C25H51NO7/c1-4-5-6-7-8-9-13-28-14-10-26-11-15-29-19-20-32-24-25(2,23-31-18-17-27-3)33-22-21-30-16-12-26/h4-24H2,1-3H3. The summed E-state index contributed by atoms with van der Waals surface area (Å²) >= 11 is 0. The van der Waals surface area contributed by atoms with E-state index in [1.54, 1.807) is 7.11 Å². The van der Waals surface area contributed by atoms with E-state index in [1.165, 1.54) is 32.1 Å². The fourth-order valence-corrected chi connectivity index (χ4v) is 3.52. The molecule has 0 saturated carbocycles. The molecule has 1 heterocycles. The summed E-state index contributed by atoms with van der Waals surface area (Å²) < 4.78 is 40.0. The maximum atomic E-state index is 6.06. The third-order valence-electron chi connectivity index (χ3n) is 5.59. The van der Waals surface area contributed by atoms with E-state index in [0.29, 0.717) is 66.1 Å². The van der Waals surface area contributed by atoms with E-state index < -0.39 is 5.60 Å². The molecule has 0 N–H and O–H groups in total. The summed E-state index contributed by atoms with van der Waals surface area (Å²) in [6, 6.07) is 0. The van der Waals surface area contributed by atoms with Crippen molar-refractivity contribution in [2.45, 2.75) is 58.0 Å². The minimum atomic E-state index is -0.517. The Hall–Kier alpha value is -0.320. The zero-order chi connectivity index (χ0) is 23.9. The Morgan fingerprint density at radius 2 is 1.42 bits per heavy atom. The Bertz CT molecular complexity index is 416. The first-order valence-corrected chi connectivity index (χ1v) is 12.9. The first-order valence-electron chi connectivity index (χ1n) is 12.9. The van der Waals surface area contributed by atoms with Crippen molar-refractivity contribution in [1.82, 2.24) is 4.90 Å². The molecule has 0 aromatic carbocycles. The van der Waals surface area contributed by atoms with E-state index in [-0.39, 0.29) is 0 Å². The SMILES string of the molecule is CCCCCCCCOCCN1CCOCCOCC(C)(COCCOC)OCCOCC1. The predicted octanol–water partition coefficient (Wildman–Crippen LogP) is 3.17. The van der Waals surface area contributed by atoms with Gasteiger partial charge in [-0.3, -0.25) is 4.90 Å². The van der Waals surface area contributed by atoms with Gasteiger partial charge in [0.15, 0.2) is 0 Å². The largest absolute Gasteiger partial charge is 0.382 e. The van der Waals surface area contributed by atoms with Crippen LogP contribution in [-0.4, -0.2) is 117 Å². The first kappa shape index (κ1) is 30.7. The van der Waals surface area contributed by atoms with Crippen LogP contribution in [0.1, 0.15) is 52.4 Å². The zero-order valence-electron chi connectivity index (χ0n) is 21.7. The summed E-state index contributed by atoms with van der Waals surface area (Å²) in [5.41, 5.74) is -0.517. The van der Waals surface area contributed by atoms with Crippen molar-refractivity contribution < 1.29 is 33.2 Å². The molecule has 0 aromatic rings. The van der Waals surface area contributed by atoms with Gasteiger partial charge in [0, 0.05) is 33.4 Å². The Kier molecular flexibility index (Phi) is 20.6. The number of nitrogens with zero attached hydrogens (tertiary/aromatic N) is 1. The van der Waals surface area contributed by atoms with E-state index in [0.717, 1.165) is 39.3 Å². The molecule has 0 spiro atoms. The van der Waals surface area contributed by atoms with E-state index in [2.05, 4.69) is 11.8 Å². The molecule has 33 heavy (non-hydrogen) atoms. The number of hydrogen-bond donors (Lipinski definition) is 0. The maximum absolute atomic E-state index is 6.06. The maximum Gasteiger partial charge on any atom is 0.112 e. The molecule has 8 heteroatoms. The van der Waals surface area contributed by atoms with Crippen molar-refractivity contribution in [1.29, 1.82) is 0 Å². The molecule has 0 aliphatic carbocycles. The smallest absolute Gasteiger partial charge is 0.112 e. The van der Waals surface area contributed by atoms with Gasteiger partial charge in [-0.05, 0) is 13.3 Å². The lowest BCUT2D eigenvalue weighted by Crippen LogP contribution is -2.41. The fraction of sp³-hybridized carbons (Fsp3) is 1.00. The fourth-order valence-electron chi connectivity index (χ4n) is 3.52. The molecule has 1 rings (SSSR count). The minimum Gasteiger partial charge on any atom is -0.382 e. The molecule has 198 valence electrons. The topological polar surface area (TPSA) is 67.9 Å². The normalized spacial score (nSPS) is 22.6. The lowest BCUT2D eigenvalue weighted by molar-refractivity contribution is -0.139. The highest BCUT2D eigenvalue weighted by atomic mass is 16.6. The number of ether oxygens (including phenoxy) is 7. The van der Waals surface area contributed by atoms with Crippen molar-refractivity contribution in [3.8, 4) is 0 Å². The van der Waals surface area contributed by atoms with Gasteiger partial charge in [-0.15, -0.1) is 0 Å². The van der Waals surface area contributed by atoms with E-state index in [9.17, 15) is 0 Å². The van der Waals surface area contributed by atoms with Crippen LogP contribution in [0.15, 0.2) is 0 Å². The number of unbranched alkanes of at least 4 members (excludes halogenated alkanes) is 5. The Balaban J connectivity index is 2.25. The van der Waals surface area contributed by atoms with Gasteiger partial charge in [-0.1, -0.05) is 39.0 Å². The molecule has 1 fully saturated rings. The molecule has 0 radical (unpaired) electrons. The van der Waals surface area contributed by atoms with Gasteiger partial charge in [0.05, 0.1) is 72.7 Å². The Morgan fingerprint density at radius 1 is 0.727 bits per heavy atom. The van der Waals surface area contributed by atoms with Crippen molar-refractivity contribution in [2.75, 3.05) is 106 Å². The van der Waals surface area contributed by atoms with Crippen LogP contribution in [0.3, 0.4) is 0 Å². The van der Waals surface area contributed by atoms with Gasteiger partial charge in [0.1, 0.15) is 5.60 Å². The van der Waals surface area contributed by atoms with Gasteiger partial charge >= 0.3 is 0 Å². The molecule has 8 nitrogen and oxygen atoms in total. The van der Waals surface area contributed by atoms with Crippen molar-refractivity contribution in [3.05, 3.63) is 0 Å². The van der Waals surface area contributed by atoms with Crippen molar-refractivity contribution in [3.63, 3.8) is 0 Å².